The smallest absolute Gasteiger partial charge is 0.138 e. The highest BCUT2D eigenvalue weighted by Gasteiger charge is 2.06. The fourth-order valence-corrected chi connectivity index (χ4v) is 1.75. The van der Waals surface area contributed by atoms with Crippen LogP contribution in [0, 0.1) is 0 Å². The molecule has 0 fully saturated rings. The molecule has 2 aromatic rings. The number of hydrogen-bond acceptors (Lipinski definition) is 1. The lowest BCUT2D eigenvalue weighted by atomic mass is 10.2. The van der Waals surface area contributed by atoms with E-state index in [1.165, 1.54) is 0 Å². The standard InChI is InChI=1S/C10H10ClNO.C2H6/c1-12-6-5-7-8(12)3-4-9(13-2)10(7)11;1-2/h3-6H,1-2H3;1-2H3. The third kappa shape index (κ3) is 2.10. The minimum atomic E-state index is 0.681. The monoisotopic (exact) mass is 225 g/mol. The van der Waals surface area contributed by atoms with Crippen molar-refractivity contribution in [2.75, 3.05) is 7.11 Å². The molecule has 3 heteroatoms. The van der Waals surface area contributed by atoms with E-state index in [0.29, 0.717) is 5.02 Å². The first-order valence-electron chi connectivity index (χ1n) is 5.01. The Labute approximate surface area is 95.4 Å². The second-order valence-corrected chi connectivity index (χ2v) is 3.32. The molecule has 1 aromatic heterocycles. The number of methoxy groups -OCH3 is 1. The van der Waals surface area contributed by atoms with Crippen molar-refractivity contribution in [3.05, 3.63) is 29.4 Å². The average Bonchev–Trinajstić information content (AvgIpc) is 2.65. The number of rotatable bonds is 1. The fourth-order valence-electron chi connectivity index (χ4n) is 1.45. The summed E-state index contributed by atoms with van der Waals surface area (Å²) in [5, 5.41) is 1.71. The van der Waals surface area contributed by atoms with Gasteiger partial charge in [-0.15, -0.1) is 0 Å². The van der Waals surface area contributed by atoms with Gasteiger partial charge < -0.3 is 9.30 Å². The maximum atomic E-state index is 6.12. The predicted octanol–water partition coefficient (Wildman–Crippen LogP) is 3.87. The van der Waals surface area contributed by atoms with Gasteiger partial charge in [0.15, 0.2) is 0 Å². The number of aromatic nitrogens is 1. The van der Waals surface area contributed by atoms with Gasteiger partial charge in [0.1, 0.15) is 5.75 Å². The third-order valence-corrected chi connectivity index (χ3v) is 2.58. The number of benzene rings is 1. The van der Waals surface area contributed by atoms with Crippen LogP contribution in [-0.4, -0.2) is 11.7 Å². The van der Waals surface area contributed by atoms with Crippen molar-refractivity contribution in [1.82, 2.24) is 4.57 Å². The molecular formula is C12H16ClNO. The van der Waals surface area contributed by atoms with Crippen LogP contribution in [0.15, 0.2) is 24.4 Å². The van der Waals surface area contributed by atoms with Crippen LogP contribution in [0.5, 0.6) is 5.75 Å². The van der Waals surface area contributed by atoms with Gasteiger partial charge in [0.2, 0.25) is 0 Å². The van der Waals surface area contributed by atoms with Gasteiger partial charge in [-0.2, -0.15) is 0 Å². The van der Waals surface area contributed by atoms with Gasteiger partial charge >= 0.3 is 0 Å². The molecule has 0 aliphatic heterocycles. The van der Waals surface area contributed by atoms with Gasteiger partial charge in [0.25, 0.3) is 0 Å². The molecule has 0 saturated carbocycles. The van der Waals surface area contributed by atoms with Crippen LogP contribution in [-0.2, 0) is 7.05 Å². The summed E-state index contributed by atoms with van der Waals surface area (Å²) in [4.78, 5) is 0. The Morgan fingerprint density at radius 2 is 1.87 bits per heavy atom. The Kier molecular flexibility index (Phi) is 4.04. The maximum Gasteiger partial charge on any atom is 0.138 e. The van der Waals surface area contributed by atoms with Gasteiger partial charge in [-0.3, -0.25) is 0 Å². The SMILES string of the molecule is CC.COc1ccc2c(ccn2C)c1Cl. The zero-order chi connectivity index (χ0) is 11.4. The number of halogens is 1. The summed E-state index contributed by atoms with van der Waals surface area (Å²) in [5.41, 5.74) is 1.12. The van der Waals surface area contributed by atoms with E-state index in [4.69, 9.17) is 16.3 Å². The molecular weight excluding hydrogens is 210 g/mol. The summed E-state index contributed by atoms with van der Waals surface area (Å²) < 4.78 is 7.15. The molecule has 2 rings (SSSR count). The molecule has 0 unspecified atom stereocenters. The Morgan fingerprint density at radius 3 is 2.47 bits per heavy atom. The number of nitrogens with zero attached hydrogens (tertiary/aromatic N) is 1. The van der Waals surface area contributed by atoms with Crippen LogP contribution in [0.3, 0.4) is 0 Å². The highest BCUT2D eigenvalue weighted by Crippen LogP contribution is 2.32. The van der Waals surface area contributed by atoms with E-state index >= 15 is 0 Å². The maximum absolute atomic E-state index is 6.12. The molecule has 0 atom stereocenters. The lowest BCUT2D eigenvalue weighted by Crippen LogP contribution is -1.86. The Balaban J connectivity index is 0.000000531. The van der Waals surface area contributed by atoms with E-state index in [-0.39, 0.29) is 0 Å². The van der Waals surface area contributed by atoms with Crippen molar-refractivity contribution >= 4 is 22.5 Å². The molecule has 82 valence electrons. The minimum Gasteiger partial charge on any atom is -0.495 e. The van der Waals surface area contributed by atoms with E-state index in [9.17, 15) is 0 Å². The highest BCUT2D eigenvalue weighted by molar-refractivity contribution is 6.36. The molecule has 15 heavy (non-hydrogen) atoms. The van der Waals surface area contributed by atoms with Gasteiger partial charge in [-0.05, 0) is 18.2 Å². The summed E-state index contributed by atoms with van der Waals surface area (Å²) in [6.45, 7) is 4.00. The largest absolute Gasteiger partial charge is 0.495 e. The van der Waals surface area contributed by atoms with E-state index < -0.39 is 0 Å². The molecule has 0 aliphatic rings. The minimum absolute atomic E-state index is 0.681. The molecule has 1 aromatic carbocycles. The zero-order valence-corrected chi connectivity index (χ0v) is 10.3. The van der Waals surface area contributed by atoms with Crippen LogP contribution < -0.4 is 4.74 Å². The molecule has 0 spiro atoms. The molecule has 0 bridgehead atoms. The van der Waals surface area contributed by atoms with Gasteiger partial charge in [0.05, 0.1) is 12.1 Å². The highest BCUT2D eigenvalue weighted by atomic mass is 35.5. The molecule has 0 N–H and O–H groups in total. The topological polar surface area (TPSA) is 14.2 Å². The van der Waals surface area contributed by atoms with Crippen molar-refractivity contribution in [3.63, 3.8) is 0 Å². The quantitative estimate of drug-likeness (QED) is 0.719. The summed E-state index contributed by atoms with van der Waals surface area (Å²) >= 11 is 6.12. The third-order valence-electron chi connectivity index (χ3n) is 2.19. The summed E-state index contributed by atoms with van der Waals surface area (Å²) in [6.07, 6.45) is 1.98. The van der Waals surface area contributed by atoms with Crippen LogP contribution in [0.2, 0.25) is 5.02 Å². The summed E-state index contributed by atoms with van der Waals surface area (Å²) in [5.74, 6) is 0.723. The van der Waals surface area contributed by atoms with Gasteiger partial charge in [-0.1, -0.05) is 25.4 Å². The first-order chi connectivity index (χ1) is 7.24. The molecule has 0 amide bonds. The number of aryl methyl sites for hydroxylation is 1. The van der Waals surface area contributed by atoms with Crippen LogP contribution in [0.25, 0.3) is 10.9 Å². The number of fused-ring (bicyclic) bond motifs is 1. The van der Waals surface area contributed by atoms with Crippen LogP contribution in [0.1, 0.15) is 13.8 Å². The normalized spacial score (nSPS) is 9.67. The van der Waals surface area contributed by atoms with Gasteiger partial charge in [0, 0.05) is 24.1 Å². The Hall–Kier alpha value is -1.15. The molecule has 0 saturated heterocycles. The second kappa shape index (κ2) is 5.08. The molecule has 2 nitrogen and oxygen atoms in total. The predicted molar refractivity (Wildman–Crippen MR) is 65.8 cm³/mol. The lowest BCUT2D eigenvalue weighted by molar-refractivity contribution is 0.415. The van der Waals surface area contributed by atoms with Crippen LogP contribution >= 0.6 is 11.6 Å². The molecule has 1 heterocycles. The van der Waals surface area contributed by atoms with Crippen molar-refractivity contribution in [2.45, 2.75) is 13.8 Å². The Bertz CT molecular complexity index is 448. The number of ether oxygens (including phenoxy) is 1. The first kappa shape index (κ1) is 11.9. The van der Waals surface area contributed by atoms with Crippen molar-refractivity contribution in [1.29, 1.82) is 0 Å². The first-order valence-corrected chi connectivity index (χ1v) is 5.39. The van der Waals surface area contributed by atoms with Gasteiger partial charge in [-0.25, -0.2) is 0 Å². The second-order valence-electron chi connectivity index (χ2n) is 2.94. The van der Waals surface area contributed by atoms with Crippen LogP contribution in [0.4, 0.5) is 0 Å². The van der Waals surface area contributed by atoms with E-state index in [1.54, 1.807) is 7.11 Å². The lowest BCUT2D eigenvalue weighted by Gasteiger charge is -2.03. The van der Waals surface area contributed by atoms with E-state index in [2.05, 4.69) is 0 Å². The molecule has 0 aliphatic carbocycles. The number of hydrogen-bond donors (Lipinski definition) is 0. The van der Waals surface area contributed by atoms with Crippen molar-refractivity contribution in [2.24, 2.45) is 7.05 Å². The fraction of sp³-hybridized carbons (Fsp3) is 0.333. The average molecular weight is 226 g/mol. The molecule has 0 radical (unpaired) electrons. The van der Waals surface area contributed by atoms with Crippen molar-refractivity contribution in [3.8, 4) is 5.75 Å². The van der Waals surface area contributed by atoms with E-state index in [1.807, 2.05) is 49.9 Å². The Morgan fingerprint density at radius 1 is 1.20 bits per heavy atom. The zero-order valence-electron chi connectivity index (χ0n) is 9.54. The summed E-state index contributed by atoms with van der Waals surface area (Å²) in [6, 6.07) is 5.87. The van der Waals surface area contributed by atoms with Crippen molar-refractivity contribution < 1.29 is 4.74 Å². The van der Waals surface area contributed by atoms with E-state index in [0.717, 1.165) is 16.7 Å². The summed E-state index contributed by atoms with van der Waals surface area (Å²) in [7, 11) is 3.61.